The lowest BCUT2D eigenvalue weighted by Crippen LogP contribution is -1.83. The maximum absolute atomic E-state index is 4.89. The molecule has 0 saturated carbocycles. The van der Waals surface area contributed by atoms with E-state index in [1.165, 1.54) is 9.75 Å². The molecule has 146 valence electrons. The molecular weight excluding hydrogens is 394 g/mol. The summed E-state index contributed by atoms with van der Waals surface area (Å²) in [7, 11) is 0. The molecule has 0 radical (unpaired) electrons. The van der Waals surface area contributed by atoms with E-state index in [9.17, 15) is 0 Å². The van der Waals surface area contributed by atoms with Crippen molar-refractivity contribution in [3.63, 3.8) is 0 Å². The van der Waals surface area contributed by atoms with E-state index in [4.69, 9.17) is 4.98 Å². The molecule has 0 bridgehead atoms. The molecule has 0 aliphatic carbocycles. The largest absolute Gasteiger partial charge is 0.321 e. The smallest absolute Gasteiger partial charge is 0.160 e. The summed E-state index contributed by atoms with van der Waals surface area (Å²) in [6.07, 6.45) is 3.73. The SMILES string of the molecule is Cc1ccc(-c2ccnc3[nH]c(-c4n[nH]c5ccc(-c6c[nH]nc6C)cc45)nc23)s1. The number of hydrogen-bond acceptors (Lipinski definition) is 5. The highest BCUT2D eigenvalue weighted by Crippen LogP contribution is 2.35. The zero-order valence-corrected chi connectivity index (χ0v) is 17.1. The molecule has 0 saturated heterocycles. The second-order valence-electron chi connectivity index (χ2n) is 7.27. The Balaban J connectivity index is 1.53. The minimum Gasteiger partial charge on any atom is -0.321 e. The van der Waals surface area contributed by atoms with Gasteiger partial charge in [0.25, 0.3) is 0 Å². The first-order chi connectivity index (χ1) is 14.7. The van der Waals surface area contributed by atoms with Gasteiger partial charge in [-0.2, -0.15) is 10.2 Å². The highest BCUT2D eigenvalue weighted by atomic mass is 32.1. The molecule has 0 aliphatic heterocycles. The average Bonchev–Trinajstić information content (AvgIpc) is 3.52. The summed E-state index contributed by atoms with van der Waals surface area (Å²) in [4.78, 5) is 15.2. The zero-order valence-electron chi connectivity index (χ0n) is 16.3. The predicted octanol–water partition coefficient (Wildman–Crippen LogP) is 5.24. The van der Waals surface area contributed by atoms with E-state index in [0.717, 1.165) is 50.1 Å². The molecule has 0 spiro atoms. The third-order valence-corrected chi connectivity index (χ3v) is 6.35. The molecule has 8 heteroatoms. The topological polar surface area (TPSA) is 98.9 Å². The van der Waals surface area contributed by atoms with Crippen LogP contribution in [0.3, 0.4) is 0 Å². The summed E-state index contributed by atoms with van der Waals surface area (Å²) in [5.41, 5.74) is 7.54. The second kappa shape index (κ2) is 6.36. The van der Waals surface area contributed by atoms with Crippen LogP contribution in [0.5, 0.6) is 0 Å². The number of fused-ring (bicyclic) bond motifs is 2. The van der Waals surface area contributed by atoms with Crippen LogP contribution >= 0.6 is 11.3 Å². The minimum absolute atomic E-state index is 0.700. The van der Waals surface area contributed by atoms with Gasteiger partial charge in [0, 0.05) is 38.7 Å². The summed E-state index contributed by atoms with van der Waals surface area (Å²) >= 11 is 1.75. The Morgan fingerprint density at radius 2 is 1.90 bits per heavy atom. The number of rotatable bonds is 3. The molecule has 6 rings (SSSR count). The summed E-state index contributed by atoms with van der Waals surface area (Å²) in [5.74, 6) is 0.700. The molecule has 0 fully saturated rings. The fraction of sp³-hybridized carbons (Fsp3) is 0.0909. The summed E-state index contributed by atoms with van der Waals surface area (Å²) in [6.45, 7) is 4.10. The van der Waals surface area contributed by atoms with Gasteiger partial charge in [-0.15, -0.1) is 11.3 Å². The quantitative estimate of drug-likeness (QED) is 0.371. The van der Waals surface area contributed by atoms with Crippen LogP contribution in [-0.2, 0) is 0 Å². The van der Waals surface area contributed by atoms with Gasteiger partial charge in [0.1, 0.15) is 11.2 Å². The van der Waals surface area contributed by atoms with Crippen LogP contribution < -0.4 is 0 Å². The molecular formula is C22H17N7S. The van der Waals surface area contributed by atoms with E-state index in [-0.39, 0.29) is 0 Å². The highest BCUT2D eigenvalue weighted by molar-refractivity contribution is 7.15. The van der Waals surface area contributed by atoms with Crippen LogP contribution in [0.1, 0.15) is 10.6 Å². The lowest BCUT2D eigenvalue weighted by Gasteiger charge is -2.00. The van der Waals surface area contributed by atoms with E-state index in [1.54, 1.807) is 11.3 Å². The van der Waals surface area contributed by atoms with Crippen LogP contribution in [0.4, 0.5) is 0 Å². The van der Waals surface area contributed by atoms with Crippen LogP contribution in [-0.4, -0.2) is 35.3 Å². The van der Waals surface area contributed by atoms with Crippen molar-refractivity contribution < 1.29 is 0 Å². The van der Waals surface area contributed by atoms with Crippen molar-refractivity contribution in [2.75, 3.05) is 0 Å². The number of aromatic amines is 3. The molecule has 6 aromatic rings. The number of nitrogens with one attached hydrogen (secondary N) is 3. The molecule has 30 heavy (non-hydrogen) atoms. The zero-order chi connectivity index (χ0) is 20.2. The van der Waals surface area contributed by atoms with Crippen molar-refractivity contribution in [1.82, 2.24) is 35.3 Å². The Labute approximate surface area is 175 Å². The number of pyridine rings is 1. The highest BCUT2D eigenvalue weighted by Gasteiger charge is 2.17. The van der Waals surface area contributed by atoms with E-state index < -0.39 is 0 Å². The Bertz CT molecular complexity index is 1530. The summed E-state index contributed by atoms with van der Waals surface area (Å²) in [5, 5.41) is 15.8. The molecule has 0 aliphatic rings. The molecule has 0 atom stereocenters. The second-order valence-corrected chi connectivity index (χ2v) is 8.56. The lowest BCUT2D eigenvalue weighted by molar-refractivity contribution is 1.05. The number of hydrogen-bond donors (Lipinski definition) is 3. The van der Waals surface area contributed by atoms with Crippen molar-refractivity contribution in [3.05, 3.63) is 59.4 Å². The third kappa shape index (κ3) is 2.57. The van der Waals surface area contributed by atoms with E-state index in [2.05, 4.69) is 61.6 Å². The summed E-state index contributed by atoms with van der Waals surface area (Å²) < 4.78 is 0. The predicted molar refractivity (Wildman–Crippen MR) is 119 cm³/mol. The van der Waals surface area contributed by atoms with Crippen molar-refractivity contribution >= 4 is 33.4 Å². The van der Waals surface area contributed by atoms with Gasteiger partial charge in [-0.05, 0) is 49.7 Å². The number of benzene rings is 1. The van der Waals surface area contributed by atoms with Gasteiger partial charge in [-0.1, -0.05) is 6.07 Å². The van der Waals surface area contributed by atoms with Crippen LogP contribution in [0.2, 0.25) is 0 Å². The maximum Gasteiger partial charge on any atom is 0.160 e. The van der Waals surface area contributed by atoms with Crippen molar-refractivity contribution in [1.29, 1.82) is 0 Å². The Morgan fingerprint density at radius 3 is 2.70 bits per heavy atom. The molecule has 0 unspecified atom stereocenters. The fourth-order valence-corrected chi connectivity index (χ4v) is 4.71. The monoisotopic (exact) mass is 411 g/mol. The number of aromatic nitrogens is 7. The van der Waals surface area contributed by atoms with Gasteiger partial charge in [0.15, 0.2) is 11.5 Å². The Kier molecular flexibility index (Phi) is 3.63. The molecule has 5 aromatic heterocycles. The molecule has 3 N–H and O–H groups in total. The summed E-state index contributed by atoms with van der Waals surface area (Å²) in [6, 6.07) is 12.5. The number of imidazole rings is 1. The standard InChI is InChI=1S/C22H17N7S/c1-11-3-6-18(30-11)14-7-8-23-21-19(14)25-22(26-21)20-15-9-13(4-5-17(15)28-29-20)16-10-24-27-12(16)2/h3-10H,1-2H3,(H,24,27)(H,28,29)(H,23,25,26). The molecule has 0 amide bonds. The van der Waals surface area contributed by atoms with Crippen LogP contribution in [0.25, 0.3) is 55.2 Å². The molecule has 7 nitrogen and oxygen atoms in total. The third-order valence-electron chi connectivity index (χ3n) is 5.32. The van der Waals surface area contributed by atoms with E-state index in [0.29, 0.717) is 5.82 Å². The van der Waals surface area contributed by atoms with Gasteiger partial charge in [-0.25, -0.2) is 9.97 Å². The normalized spacial score (nSPS) is 11.7. The van der Waals surface area contributed by atoms with Gasteiger partial charge in [-0.3, -0.25) is 10.2 Å². The molecule has 5 heterocycles. The minimum atomic E-state index is 0.700. The van der Waals surface area contributed by atoms with Crippen molar-refractivity contribution in [3.8, 4) is 33.1 Å². The molecule has 1 aromatic carbocycles. The van der Waals surface area contributed by atoms with Crippen LogP contribution in [0, 0.1) is 13.8 Å². The Hall–Kier alpha value is -3.78. The van der Waals surface area contributed by atoms with Gasteiger partial charge < -0.3 is 4.98 Å². The fourth-order valence-electron chi connectivity index (χ4n) is 3.81. The van der Waals surface area contributed by atoms with Crippen molar-refractivity contribution in [2.24, 2.45) is 0 Å². The average molecular weight is 411 g/mol. The first-order valence-electron chi connectivity index (χ1n) is 9.58. The lowest BCUT2D eigenvalue weighted by atomic mass is 10.0. The number of H-pyrrole nitrogens is 3. The first kappa shape index (κ1) is 17.1. The number of thiophene rings is 1. The first-order valence-corrected chi connectivity index (χ1v) is 10.4. The number of nitrogens with zero attached hydrogens (tertiary/aromatic N) is 4. The van der Waals surface area contributed by atoms with E-state index in [1.807, 2.05) is 31.5 Å². The van der Waals surface area contributed by atoms with E-state index >= 15 is 0 Å². The van der Waals surface area contributed by atoms with Gasteiger partial charge in [0.2, 0.25) is 0 Å². The van der Waals surface area contributed by atoms with Gasteiger partial charge >= 0.3 is 0 Å². The number of aryl methyl sites for hydroxylation is 2. The Morgan fingerprint density at radius 1 is 0.967 bits per heavy atom. The maximum atomic E-state index is 4.89. The van der Waals surface area contributed by atoms with Gasteiger partial charge in [0.05, 0.1) is 11.2 Å². The van der Waals surface area contributed by atoms with Crippen molar-refractivity contribution in [2.45, 2.75) is 13.8 Å². The van der Waals surface area contributed by atoms with Crippen LogP contribution in [0.15, 0.2) is 48.8 Å².